The number of aromatic nitrogens is 3. The van der Waals surface area contributed by atoms with Crippen LogP contribution in [0.3, 0.4) is 0 Å². The van der Waals surface area contributed by atoms with Gasteiger partial charge in [-0.05, 0) is 81.3 Å². The van der Waals surface area contributed by atoms with E-state index in [1.165, 1.54) is 32.1 Å². The van der Waals surface area contributed by atoms with E-state index in [0.29, 0.717) is 17.6 Å². The zero-order valence-corrected chi connectivity index (χ0v) is 20.0. The van der Waals surface area contributed by atoms with Gasteiger partial charge in [0.25, 0.3) is 0 Å². The Balaban J connectivity index is 0.987. The van der Waals surface area contributed by atoms with Crippen molar-refractivity contribution in [1.29, 1.82) is 0 Å². The lowest BCUT2D eigenvalue weighted by molar-refractivity contribution is -0.158. The van der Waals surface area contributed by atoms with Gasteiger partial charge in [0.1, 0.15) is 5.82 Å². The quantitative estimate of drug-likeness (QED) is 0.660. The zero-order valence-electron chi connectivity index (χ0n) is 20.0. The molecule has 1 saturated heterocycles. The van der Waals surface area contributed by atoms with E-state index in [-0.39, 0.29) is 5.41 Å². The van der Waals surface area contributed by atoms with Crippen LogP contribution in [0.4, 0.5) is 5.82 Å². The standard InChI is InChI=1S/C27H35N5O2/c33-26(27-14-18-11-19(15-27)13-20(12-18)16-27)32-9-7-31(8-10-32)23-6-5-22(17-28-23)24-29-25(34-30-24)21-3-1-2-4-21/h5-6,17-21H,1-4,7-16H2. The highest BCUT2D eigenvalue weighted by Crippen LogP contribution is 2.60. The van der Waals surface area contributed by atoms with Crippen LogP contribution >= 0.6 is 0 Å². The molecule has 180 valence electrons. The molecule has 0 N–H and O–H groups in total. The third-order valence-electron chi connectivity index (χ3n) is 9.54. The Morgan fingerprint density at radius 1 is 0.941 bits per heavy atom. The van der Waals surface area contributed by atoms with E-state index in [1.807, 2.05) is 12.3 Å². The van der Waals surface area contributed by atoms with E-state index >= 15 is 0 Å². The Kier molecular flexibility index (Phi) is 4.95. The molecule has 8 rings (SSSR count). The van der Waals surface area contributed by atoms with Crippen LogP contribution in [0, 0.1) is 23.2 Å². The van der Waals surface area contributed by atoms with Crippen LogP contribution in [0.1, 0.15) is 76.0 Å². The second-order valence-electron chi connectivity index (χ2n) is 11.8. The Morgan fingerprint density at radius 2 is 1.62 bits per heavy atom. The number of hydrogen-bond acceptors (Lipinski definition) is 6. The predicted octanol–water partition coefficient (Wildman–Crippen LogP) is 4.65. The van der Waals surface area contributed by atoms with Crippen molar-refractivity contribution in [2.45, 2.75) is 70.1 Å². The molecule has 7 heteroatoms. The fraction of sp³-hybridized carbons (Fsp3) is 0.704. The summed E-state index contributed by atoms with van der Waals surface area (Å²) in [5.74, 6) is 5.69. The predicted molar refractivity (Wildman–Crippen MR) is 128 cm³/mol. The molecule has 1 amide bonds. The van der Waals surface area contributed by atoms with Crippen LogP contribution in [-0.4, -0.2) is 52.1 Å². The molecular formula is C27H35N5O2. The molecule has 2 aromatic heterocycles. The van der Waals surface area contributed by atoms with Crippen molar-refractivity contribution in [3.05, 3.63) is 24.2 Å². The number of pyridine rings is 1. The minimum Gasteiger partial charge on any atom is -0.353 e. The van der Waals surface area contributed by atoms with Crippen molar-refractivity contribution in [3.8, 4) is 11.4 Å². The molecule has 6 aliphatic rings. The number of carbonyl (C=O) groups is 1. The molecule has 2 aromatic rings. The lowest BCUT2D eigenvalue weighted by atomic mass is 9.49. The smallest absolute Gasteiger partial charge is 0.230 e. The molecule has 0 spiro atoms. The minimum atomic E-state index is -0.0290. The molecule has 3 heterocycles. The van der Waals surface area contributed by atoms with Gasteiger partial charge >= 0.3 is 0 Å². The van der Waals surface area contributed by atoms with Crippen LogP contribution in [-0.2, 0) is 4.79 Å². The lowest BCUT2D eigenvalue weighted by Gasteiger charge is -2.57. The van der Waals surface area contributed by atoms with Gasteiger partial charge in [-0.15, -0.1) is 0 Å². The Labute approximate surface area is 201 Å². The third-order valence-corrected chi connectivity index (χ3v) is 9.54. The summed E-state index contributed by atoms with van der Waals surface area (Å²) in [6.45, 7) is 3.30. The first-order valence-corrected chi connectivity index (χ1v) is 13.5. The fourth-order valence-electron chi connectivity index (χ4n) is 8.24. The highest BCUT2D eigenvalue weighted by Gasteiger charge is 2.55. The summed E-state index contributed by atoms with van der Waals surface area (Å²) in [4.78, 5) is 27.5. The molecule has 0 unspecified atom stereocenters. The second-order valence-corrected chi connectivity index (χ2v) is 11.8. The monoisotopic (exact) mass is 461 g/mol. The van der Waals surface area contributed by atoms with Crippen molar-refractivity contribution in [3.63, 3.8) is 0 Å². The summed E-state index contributed by atoms with van der Waals surface area (Å²) in [6.07, 6.45) is 14.3. The van der Waals surface area contributed by atoms with E-state index in [4.69, 9.17) is 9.51 Å². The van der Waals surface area contributed by atoms with Crippen LogP contribution in [0.2, 0.25) is 0 Å². The summed E-state index contributed by atoms with van der Waals surface area (Å²) in [6, 6.07) is 4.09. The maximum absolute atomic E-state index is 13.7. The molecule has 0 radical (unpaired) electrons. The van der Waals surface area contributed by atoms with E-state index in [1.54, 1.807) is 0 Å². The van der Waals surface area contributed by atoms with Gasteiger partial charge in [0, 0.05) is 43.9 Å². The number of carbonyl (C=O) groups excluding carboxylic acids is 1. The molecule has 1 aliphatic heterocycles. The van der Waals surface area contributed by atoms with Gasteiger partial charge in [-0.2, -0.15) is 4.98 Å². The van der Waals surface area contributed by atoms with Gasteiger partial charge in [-0.3, -0.25) is 4.79 Å². The van der Waals surface area contributed by atoms with Gasteiger partial charge in [-0.25, -0.2) is 4.98 Å². The van der Waals surface area contributed by atoms with Crippen LogP contribution in [0.15, 0.2) is 22.9 Å². The maximum atomic E-state index is 13.7. The third kappa shape index (κ3) is 3.54. The van der Waals surface area contributed by atoms with Gasteiger partial charge < -0.3 is 14.3 Å². The Morgan fingerprint density at radius 3 is 2.24 bits per heavy atom. The van der Waals surface area contributed by atoms with Crippen molar-refractivity contribution < 1.29 is 9.32 Å². The summed E-state index contributed by atoms with van der Waals surface area (Å²) < 4.78 is 5.53. The average Bonchev–Trinajstić information content (AvgIpc) is 3.55. The average molecular weight is 462 g/mol. The fourth-order valence-corrected chi connectivity index (χ4v) is 8.24. The van der Waals surface area contributed by atoms with Gasteiger partial charge in [-0.1, -0.05) is 18.0 Å². The number of anilines is 1. The maximum Gasteiger partial charge on any atom is 0.230 e. The van der Waals surface area contributed by atoms with Crippen molar-refractivity contribution in [2.75, 3.05) is 31.1 Å². The first-order chi connectivity index (χ1) is 16.6. The normalized spacial score (nSPS) is 33.1. The second kappa shape index (κ2) is 8.06. The molecule has 0 aromatic carbocycles. The topological polar surface area (TPSA) is 75.4 Å². The molecule has 5 saturated carbocycles. The minimum absolute atomic E-state index is 0.0290. The highest BCUT2D eigenvalue weighted by molar-refractivity contribution is 5.83. The van der Waals surface area contributed by atoms with E-state index < -0.39 is 0 Å². The van der Waals surface area contributed by atoms with Crippen molar-refractivity contribution in [1.82, 2.24) is 20.0 Å². The summed E-state index contributed by atoms with van der Waals surface area (Å²) in [7, 11) is 0. The van der Waals surface area contributed by atoms with Crippen LogP contribution in [0.5, 0.6) is 0 Å². The number of hydrogen-bond donors (Lipinski definition) is 0. The summed E-state index contributed by atoms with van der Waals surface area (Å²) >= 11 is 0. The summed E-state index contributed by atoms with van der Waals surface area (Å²) in [5.41, 5.74) is 0.867. The largest absolute Gasteiger partial charge is 0.353 e. The number of amides is 1. The van der Waals surface area contributed by atoms with Gasteiger partial charge in [0.15, 0.2) is 0 Å². The number of nitrogens with zero attached hydrogens (tertiary/aromatic N) is 5. The lowest BCUT2D eigenvalue weighted by Crippen LogP contribution is -2.58. The Bertz CT molecular complexity index is 1010. The molecule has 5 aliphatic carbocycles. The van der Waals surface area contributed by atoms with Gasteiger partial charge in [0.2, 0.25) is 17.6 Å². The molecule has 7 nitrogen and oxygen atoms in total. The Hall–Kier alpha value is -2.44. The van der Waals surface area contributed by atoms with Crippen LogP contribution < -0.4 is 4.90 Å². The zero-order chi connectivity index (χ0) is 22.7. The molecule has 0 atom stereocenters. The van der Waals surface area contributed by atoms with Crippen molar-refractivity contribution in [2.24, 2.45) is 23.2 Å². The number of rotatable bonds is 4. The van der Waals surface area contributed by atoms with E-state index in [0.717, 1.165) is 93.3 Å². The summed E-state index contributed by atoms with van der Waals surface area (Å²) in [5, 5.41) is 4.20. The van der Waals surface area contributed by atoms with E-state index in [9.17, 15) is 4.79 Å². The van der Waals surface area contributed by atoms with Crippen LogP contribution in [0.25, 0.3) is 11.4 Å². The van der Waals surface area contributed by atoms with Crippen molar-refractivity contribution >= 4 is 11.7 Å². The molecule has 4 bridgehead atoms. The first kappa shape index (κ1) is 20.9. The highest BCUT2D eigenvalue weighted by atomic mass is 16.5. The number of piperazine rings is 1. The molecular weight excluding hydrogens is 426 g/mol. The van der Waals surface area contributed by atoms with E-state index in [2.05, 4.69) is 26.0 Å². The molecule has 34 heavy (non-hydrogen) atoms. The van der Waals surface area contributed by atoms with Gasteiger partial charge in [0.05, 0.1) is 5.41 Å². The molecule has 6 fully saturated rings. The first-order valence-electron chi connectivity index (χ1n) is 13.5. The SMILES string of the molecule is O=C(N1CCN(c2ccc(-c3noc(C4CCCC4)n3)cn2)CC1)C12CC3CC(CC(C3)C1)C2.